The fourth-order valence-electron chi connectivity index (χ4n) is 2.72. The van der Waals surface area contributed by atoms with Crippen molar-refractivity contribution in [2.24, 2.45) is 0 Å². The maximum absolute atomic E-state index is 12.3. The van der Waals surface area contributed by atoms with Gasteiger partial charge >= 0.3 is 6.03 Å². The van der Waals surface area contributed by atoms with Gasteiger partial charge in [-0.2, -0.15) is 0 Å². The summed E-state index contributed by atoms with van der Waals surface area (Å²) < 4.78 is 0. The molecule has 0 spiro atoms. The fourth-order valence-corrected chi connectivity index (χ4v) is 2.72. The molecule has 0 aliphatic carbocycles. The zero-order chi connectivity index (χ0) is 16.5. The number of nitrogens with zero attached hydrogens (tertiary/aromatic N) is 4. The third kappa shape index (κ3) is 6.15. The van der Waals surface area contributed by atoms with Crippen LogP contribution >= 0.6 is 0 Å². The molecule has 1 aromatic heterocycles. The van der Waals surface area contributed by atoms with E-state index < -0.39 is 0 Å². The van der Waals surface area contributed by atoms with E-state index in [1.165, 1.54) is 0 Å². The Balaban J connectivity index is 1.64. The first-order chi connectivity index (χ1) is 11.2. The van der Waals surface area contributed by atoms with Crippen LogP contribution in [0.4, 0.5) is 4.79 Å². The highest BCUT2D eigenvalue weighted by Gasteiger charge is 2.14. The summed E-state index contributed by atoms with van der Waals surface area (Å²) in [5, 5.41) is 3.04. The van der Waals surface area contributed by atoms with Gasteiger partial charge in [-0.15, -0.1) is 0 Å². The lowest BCUT2D eigenvalue weighted by molar-refractivity contribution is 0.152. The third-order valence-electron chi connectivity index (χ3n) is 4.31. The Morgan fingerprint density at radius 2 is 1.96 bits per heavy atom. The van der Waals surface area contributed by atoms with Crippen LogP contribution < -0.4 is 5.32 Å². The highest BCUT2D eigenvalue weighted by atomic mass is 16.2. The number of likely N-dealkylation sites (N-methyl/N-ethyl adjacent to an activating group) is 1. The summed E-state index contributed by atoms with van der Waals surface area (Å²) in [5.41, 5.74) is 1.11. The molecule has 6 heteroatoms. The van der Waals surface area contributed by atoms with E-state index in [9.17, 15) is 4.79 Å². The number of piperazine rings is 1. The Morgan fingerprint density at radius 1 is 1.26 bits per heavy atom. The average Bonchev–Trinajstić information content (AvgIpc) is 2.59. The summed E-state index contributed by atoms with van der Waals surface area (Å²) in [4.78, 5) is 22.9. The van der Waals surface area contributed by atoms with Gasteiger partial charge in [-0.05, 0) is 44.6 Å². The molecule has 1 aliphatic rings. The van der Waals surface area contributed by atoms with Gasteiger partial charge in [-0.25, -0.2) is 4.79 Å². The van der Waals surface area contributed by atoms with Crippen molar-refractivity contribution in [2.75, 3.05) is 52.9 Å². The van der Waals surface area contributed by atoms with Crippen LogP contribution in [0.25, 0.3) is 0 Å². The van der Waals surface area contributed by atoms with Crippen LogP contribution in [0.15, 0.2) is 24.5 Å². The summed E-state index contributed by atoms with van der Waals surface area (Å²) in [5.74, 6) is 0. The molecule has 0 aromatic carbocycles. The predicted octanol–water partition coefficient (Wildman–Crippen LogP) is 1.25. The van der Waals surface area contributed by atoms with Crippen molar-refractivity contribution in [3.63, 3.8) is 0 Å². The Morgan fingerprint density at radius 3 is 2.61 bits per heavy atom. The van der Waals surface area contributed by atoms with Crippen LogP contribution in [0.5, 0.6) is 0 Å². The zero-order valence-electron chi connectivity index (χ0n) is 14.4. The van der Waals surface area contributed by atoms with Gasteiger partial charge in [0.2, 0.25) is 0 Å². The van der Waals surface area contributed by atoms with E-state index in [4.69, 9.17) is 0 Å². The lowest BCUT2D eigenvalue weighted by Gasteiger charge is -2.32. The van der Waals surface area contributed by atoms with Crippen molar-refractivity contribution in [1.29, 1.82) is 0 Å². The first-order valence-corrected chi connectivity index (χ1v) is 8.51. The Kier molecular flexibility index (Phi) is 7.29. The van der Waals surface area contributed by atoms with E-state index in [1.807, 2.05) is 24.0 Å². The van der Waals surface area contributed by atoms with E-state index in [0.29, 0.717) is 13.1 Å². The molecule has 2 rings (SSSR count). The Bertz CT molecular complexity index is 459. The number of carbonyl (C=O) groups is 1. The van der Waals surface area contributed by atoms with Crippen LogP contribution in [0, 0.1) is 0 Å². The molecule has 0 bridgehead atoms. The monoisotopic (exact) mass is 319 g/mol. The van der Waals surface area contributed by atoms with Crippen LogP contribution in [0.2, 0.25) is 0 Å². The molecule has 2 heterocycles. The first-order valence-electron chi connectivity index (χ1n) is 8.51. The van der Waals surface area contributed by atoms with Gasteiger partial charge in [-0.1, -0.05) is 0 Å². The molecular weight excluding hydrogens is 290 g/mol. The van der Waals surface area contributed by atoms with Crippen molar-refractivity contribution >= 4 is 6.03 Å². The Labute approximate surface area is 139 Å². The third-order valence-corrected chi connectivity index (χ3v) is 4.31. The number of hydrogen-bond acceptors (Lipinski definition) is 4. The van der Waals surface area contributed by atoms with Gasteiger partial charge in [0.1, 0.15) is 0 Å². The predicted molar refractivity (Wildman–Crippen MR) is 92.3 cm³/mol. The minimum atomic E-state index is 0.0164. The van der Waals surface area contributed by atoms with E-state index in [-0.39, 0.29) is 6.03 Å². The van der Waals surface area contributed by atoms with Crippen LogP contribution in [-0.4, -0.2) is 78.6 Å². The number of urea groups is 1. The van der Waals surface area contributed by atoms with Crippen molar-refractivity contribution < 1.29 is 4.79 Å². The molecule has 23 heavy (non-hydrogen) atoms. The smallest absolute Gasteiger partial charge is 0.317 e. The van der Waals surface area contributed by atoms with Crippen LogP contribution in [-0.2, 0) is 6.54 Å². The summed E-state index contributed by atoms with van der Waals surface area (Å²) >= 11 is 0. The normalized spacial score (nSPS) is 16.3. The molecule has 0 saturated carbocycles. The lowest BCUT2D eigenvalue weighted by Crippen LogP contribution is -2.45. The molecule has 0 atom stereocenters. The number of nitrogens with one attached hydrogen (secondary N) is 1. The van der Waals surface area contributed by atoms with Gasteiger partial charge in [-0.3, -0.25) is 4.98 Å². The molecule has 1 saturated heterocycles. The van der Waals surface area contributed by atoms with Crippen molar-refractivity contribution in [3.8, 4) is 0 Å². The maximum atomic E-state index is 12.3. The van der Waals surface area contributed by atoms with Crippen molar-refractivity contribution in [3.05, 3.63) is 30.1 Å². The molecule has 128 valence electrons. The highest BCUT2D eigenvalue weighted by molar-refractivity contribution is 5.74. The van der Waals surface area contributed by atoms with E-state index >= 15 is 0 Å². The van der Waals surface area contributed by atoms with Gasteiger partial charge < -0.3 is 20.0 Å². The minimum Gasteiger partial charge on any atom is -0.338 e. The fraction of sp³-hybridized carbons (Fsp3) is 0.647. The zero-order valence-corrected chi connectivity index (χ0v) is 14.4. The number of amides is 2. The number of carbonyl (C=O) groups excluding carboxylic acids is 1. The van der Waals surface area contributed by atoms with Crippen molar-refractivity contribution in [2.45, 2.75) is 19.9 Å². The summed E-state index contributed by atoms with van der Waals surface area (Å²) in [6.45, 7) is 9.68. The standard InChI is InChI=1S/C17H29N5O/c1-3-22(15-16-5-8-18-9-6-16)17(23)19-7-4-10-21-13-11-20(2)12-14-21/h5-6,8-9H,3-4,7,10-15H2,1-2H3,(H,19,23). The van der Waals surface area contributed by atoms with E-state index in [0.717, 1.165) is 51.3 Å². The molecule has 1 aliphatic heterocycles. The summed E-state index contributed by atoms with van der Waals surface area (Å²) in [6, 6.07) is 3.91. The van der Waals surface area contributed by atoms with Gasteiger partial charge in [0.05, 0.1) is 0 Å². The second-order valence-corrected chi connectivity index (χ2v) is 6.10. The second-order valence-electron chi connectivity index (χ2n) is 6.10. The molecule has 1 aromatic rings. The lowest BCUT2D eigenvalue weighted by atomic mass is 10.2. The van der Waals surface area contributed by atoms with Crippen LogP contribution in [0.3, 0.4) is 0 Å². The maximum Gasteiger partial charge on any atom is 0.317 e. The van der Waals surface area contributed by atoms with Gasteiger partial charge in [0, 0.05) is 58.2 Å². The number of hydrogen-bond donors (Lipinski definition) is 1. The SMILES string of the molecule is CCN(Cc1ccncc1)C(=O)NCCCN1CCN(C)CC1. The number of aromatic nitrogens is 1. The van der Waals surface area contributed by atoms with E-state index in [1.54, 1.807) is 12.4 Å². The number of pyridine rings is 1. The molecule has 2 amide bonds. The quantitative estimate of drug-likeness (QED) is 0.769. The number of rotatable bonds is 7. The van der Waals surface area contributed by atoms with Gasteiger partial charge in [0.25, 0.3) is 0 Å². The molecular formula is C17H29N5O. The highest BCUT2D eigenvalue weighted by Crippen LogP contribution is 2.03. The average molecular weight is 319 g/mol. The topological polar surface area (TPSA) is 51.7 Å². The summed E-state index contributed by atoms with van der Waals surface area (Å²) in [6.07, 6.45) is 4.52. The molecule has 1 N–H and O–H groups in total. The molecule has 0 radical (unpaired) electrons. The minimum absolute atomic E-state index is 0.0164. The summed E-state index contributed by atoms with van der Waals surface area (Å²) in [7, 11) is 2.17. The van der Waals surface area contributed by atoms with Crippen molar-refractivity contribution in [1.82, 2.24) is 25.0 Å². The van der Waals surface area contributed by atoms with Gasteiger partial charge in [0.15, 0.2) is 0 Å². The molecule has 0 unspecified atom stereocenters. The second kappa shape index (κ2) is 9.47. The Hall–Kier alpha value is -1.66. The first kappa shape index (κ1) is 17.7. The van der Waals surface area contributed by atoms with Crippen LogP contribution in [0.1, 0.15) is 18.9 Å². The molecule has 6 nitrogen and oxygen atoms in total. The van der Waals surface area contributed by atoms with E-state index in [2.05, 4.69) is 27.1 Å². The molecule has 1 fully saturated rings. The largest absolute Gasteiger partial charge is 0.338 e.